The summed E-state index contributed by atoms with van der Waals surface area (Å²) in [5, 5.41) is 13.9. The molecule has 0 saturated carbocycles. The molecule has 1 N–H and O–H groups in total. The van der Waals surface area contributed by atoms with Crippen LogP contribution in [0, 0.1) is 10.1 Å². The van der Waals surface area contributed by atoms with Crippen LogP contribution in [-0.2, 0) is 16.1 Å². The standard InChI is InChI=1S/C13H18N2O5/c1-4-19-13(16)9(2)20-12-7-10(8-14-3)5-6-11(12)15(17)18/h5-7,9,14H,4,8H2,1-3H3. The molecule has 1 aromatic rings. The summed E-state index contributed by atoms with van der Waals surface area (Å²) in [6.45, 7) is 3.95. The predicted octanol–water partition coefficient (Wildman–Crippen LogP) is 1.64. The second-order valence-corrected chi connectivity index (χ2v) is 4.10. The van der Waals surface area contributed by atoms with Crippen molar-refractivity contribution in [1.82, 2.24) is 5.32 Å². The predicted molar refractivity (Wildman–Crippen MR) is 72.6 cm³/mol. The summed E-state index contributed by atoms with van der Waals surface area (Å²) in [5.41, 5.74) is 0.644. The molecule has 0 fully saturated rings. The average molecular weight is 282 g/mol. The van der Waals surface area contributed by atoms with E-state index < -0.39 is 17.0 Å². The number of hydrogen-bond donors (Lipinski definition) is 1. The Morgan fingerprint density at radius 2 is 2.20 bits per heavy atom. The number of nitro groups is 1. The maximum atomic E-state index is 11.5. The van der Waals surface area contributed by atoms with E-state index in [2.05, 4.69) is 5.32 Å². The second-order valence-electron chi connectivity index (χ2n) is 4.10. The number of esters is 1. The highest BCUT2D eigenvalue weighted by molar-refractivity contribution is 5.74. The van der Waals surface area contributed by atoms with Crippen molar-refractivity contribution in [2.75, 3.05) is 13.7 Å². The molecule has 0 amide bonds. The van der Waals surface area contributed by atoms with Gasteiger partial charge in [-0.15, -0.1) is 0 Å². The third-order valence-electron chi connectivity index (χ3n) is 2.52. The van der Waals surface area contributed by atoms with Crippen molar-refractivity contribution in [2.45, 2.75) is 26.5 Å². The van der Waals surface area contributed by atoms with E-state index in [1.807, 2.05) is 0 Å². The van der Waals surface area contributed by atoms with Crippen LogP contribution >= 0.6 is 0 Å². The minimum Gasteiger partial charge on any atom is -0.472 e. The number of nitrogens with one attached hydrogen (secondary N) is 1. The van der Waals surface area contributed by atoms with Gasteiger partial charge in [0.1, 0.15) is 0 Å². The normalized spacial score (nSPS) is 11.8. The Kier molecular flexibility index (Phi) is 5.92. The monoisotopic (exact) mass is 282 g/mol. The van der Waals surface area contributed by atoms with E-state index in [4.69, 9.17) is 9.47 Å². The molecule has 0 spiro atoms. The largest absolute Gasteiger partial charge is 0.472 e. The molecule has 0 saturated heterocycles. The van der Waals surface area contributed by atoms with E-state index in [9.17, 15) is 14.9 Å². The lowest BCUT2D eigenvalue weighted by Crippen LogP contribution is -2.26. The Balaban J connectivity index is 2.97. The van der Waals surface area contributed by atoms with Gasteiger partial charge in [0.15, 0.2) is 11.9 Å². The van der Waals surface area contributed by atoms with Crippen LogP contribution in [0.5, 0.6) is 5.75 Å². The SMILES string of the molecule is CCOC(=O)C(C)Oc1cc(CNC)ccc1[N+](=O)[O-]. The molecule has 0 aromatic heterocycles. The molecule has 1 aromatic carbocycles. The fraction of sp³-hybridized carbons (Fsp3) is 0.462. The molecular formula is C13H18N2O5. The fourth-order valence-electron chi connectivity index (χ4n) is 1.62. The number of benzene rings is 1. The third-order valence-corrected chi connectivity index (χ3v) is 2.52. The molecule has 7 heteroatoms. The van der Waals surface area contributed by atoms with Gasteiger partial charge >= 0.3 is 11.7 Å². The van der Waals surface area contributed by atoms with Gasteiger partial charge in [-0.25, -0.2) is 4.79 Å². The van der Waals surface area contributed by atoms with Crippen molar-refractivity contribution in [3.63, 3.8) is 0 Å². The molecular weight excluding hydrogens is 264 g/mol. The molecule has 0 radical (unpaired) electrons. The summed E-state index contributed by atoms with van der Waals surface area (Å²) in [5.74, 6) is -0.496. The molecule has 0 aliphatic rings. The number of rotatable bonds is 7. The lowest BCUT2D eigenvalue weighted by Gasteiger charge is -2.14. The van der Waals surface area contributed by atoms with Crippen molar-refractivity contribution in [1.29, 1.82) is 0 Å². The topological polar surface area (TPSA) is 90.7 Å². The van der Waals surface area contributed by atoms with Crippen molar-refractivity contribution >= 4 is 11.7 Å². The molecule has 1 rings (SSSR count). The van der Waals surface area contributed by atoms with Gasteiger partial charge in [-0.3, -0.25) is 10.1 Å². The molecule has 1 unspecified atom stereocenters. The van der Waals surface area contributed by atoms with Crippen molar-refractivity contribution in [2.24, 2.45) is 0 Å². The van der Waals surface area contributed by atoms with E-state index in [0.717, 1.165) is 5.56 Å². The molecule has 0 aliphatic heterocycles. The molecule has 110 valence electrons. The second kappa shape index (κ2) is 7.44. The Bertz CT molecular complexity index is 490. The summed E-state index contributed by atoms with van der Waals surface area (Å²) in [6, 6.07) is 4.54. The van der Waals surface area contributed by atoms with Gasteiger partial charge < -0.3 is 14.8 Å². The lowest BCUT2D eigenvalue weighted by molar-refractivity contribution is -0.386. The van der Waals surface area contributed by atoms with Crippen LogP contribution in [0.25, 0.3) is 0 Å². The van der Waals surface area contributed by atoms with Gasteiger partial charge in [-0.2, -0.15) is 0 Å². The number of ether oxygens (including phenoxy) is 2. The molecule has 1 atom stereocenters. The molecule has 0 aliphatic carbocycles. The van der Waals surface area contributed by atoms with Crippen molar-refractivity contribution in [3.05, 3.63) is 33.9 Å². The van der Waals surface area contributed by atoms with E-state index in [-0.39, 0.29) is 18.0 Å². The first-order valence-corrected chi connectivity index (χ1v) is 6.24. The van der Waals surface area contributed by atoms with E-state index in [1.165, 1.54) is 13.0 Å². The van der Waals surface area contributed by atoms with Gasteiger partial charge in [0.25, 0.3) is 0 Å². The Morgan fingerprint density at radius 1 is 1.50 bits per heavy atom. The van der Waals surface area contributed by atoms with Crippen LogP contribution in [0.2, 0.25) is 0 Å². The number of nitro benzene ring substituents is 1. The van der Waals surface area contributed by atoms with E-state index in [1.54, 1.807) is 26.1 Å². The Hall–Kier alpha value is -2.15. The van der Waals surface area contributed by atoms with Gasteiger partial charge in [-0.05, 0) is 32.5 Å². The van der Waals surface area contributed by atoms with Crippen molar-refractivity contribution in [3.8, 4) is 5.75 Å². The van der Waals surface area contributed by atoms with Crippen LogP contribution in [0.1, 0.15) is 19.4 Å². The molecule has 0 bridgehead atoms. The first-order chi connectivity index (χ1) is 9.49. The third kappa shape index (κ3) is 4.20. The van der Waals surface area contributed by atoms with Gasteiger partial charge in [0, 0.05) is 12.6 Å². The quantitative estimate of drug-likeness (QED) is 0.464. The zero-order valence-corrected chi connectivity index (χ0v) is 11.7. The van der Waals surface area contributed by atoms with Crippen LogP contribution < -0.4 is 10.1 Å². The van der Waals surface area contributed by atoms with E-state index in [0.29, 0.717) is 6.54 Å². The van der Waals surface area contributed by atoms with Gasteiger partial charge in [-0.1, -0.05) is 6.07 Å². The minimum atomic E-state index is -0.904. The summed E-state index contributed by atoms with van der Waals surface area (Å²) in [7, 11) is 1.77. The van der Waals surface area contributed by atoms with Gasteiger partial charge in [0.2, 0.25) is 0 Å². The zero-order chi connectivity index (χ0) is 15.1. The smallest absolute Gasteiger partial charge is 0.347 e. The highest BCUT2D eigenvalue weighted by Crippen LogP contribution is 2.29. The molecule has 20 heavy (non-hydrogen) atoms. The lowest BCUT2D eigenvalue weighted by atomic mass is 10.2. The summed E-state index contributed by atoms with van der Waals surface area (Å²) >= 11 is 0. The average Bonchev–Trinajstić information content (AvgIpc) is 2.39. The molecule has 7 nitrogen and oxygen atoms in total. The summed E-state index contributed by atoms with van der Waals surface area (Å²) in [6.07, 6.45) is -0.904. The fourth-order valence-corrected chi connectivity index (χ4v) is 1.62. The zero-order valence-electron chi connectivity index (χ0n) is 11.7. The van der Waals surface area contributed by atoms with Crippen LogP contribution in [0.4, 0.5) is 5.69 Å². The summed E-state index contributed by atoms with van der Waals surface area (Å²) in [4.78, 5) is 21.9. The number of hydrogen-bond acceptors (Lipinski definition) is 6. The van der Waals surface area contributed by atoms with Crippen LogP contribution in [0.15, 0.2) is 18.2 Å². The van der Waals surface area contributed by atoms with Crippen LogP contribution in [-0.4, -0.2) is 30.7 Å². The number of nitrogens with zero attached hydrogens (tertiary/aromatic N) is 1. The minimum absolute atomic E-state index is 0.0586. The first kappa shape index (κ1) is 15.9. The maximum Gasteiger partial charge on any atom is 0.347 e. The highest BCUT2D eigenvalue weighted by atomic mass is 16.6. The van der Waals surface area contributed by atoms with Gasteiger partial charge in [0.05, 0.1) is 11.5 Å². The highest BCUT2D eigenvalue weighted by Gasteiger charge is 2.22. The first-order valence-electron chi connectivity index (χ1n) is 6.24. The maximum absolute atomic E-state index is 11.5. The number of carbonyl (C=O) groups excluding carboxylic acids is 1. The summed E-state index contributed by atoms with van der Waals surface area (Å²) < 4.78 is 10.2. The van der Waals surface area contributed by atoms with Crippen LogP contribution in [0.3, 0.4) is 0 Å². The Morgan fingerprint density at radius 3 is 2.75 bits per heavy atom. The molecule has 0 heterocycles. The van der Waals surface area contributed by atoms with E-state index >= 15 is 0 Å². The Labute approximate surface area is 117 Å². The number of carbonyl (C=O) groups is 1. The van der Waals surface area contributed by atoms with Crippen molar-refractivity contribution < 1.29 is 19.2 Å².